The molecule has 0 aliphatic carbocycles. The molecule has 1 N–H and O–H groups in total. The fourth-order valence-electron chi connectivity index (χ4n) is 0.887. The molecule has 1 rings (SSSR count). The van der Waals surface area contributed by atoms with Gasteiger partial charge >= 0.3 is 5.69 Å². The molecule has 82 valence electrons. The lowest BCUT2D eigenvalue weighted by molar-refractivity contribution is -0.388. The number of nitro groups is 1. The first-order valence-corrected chi connectivity index (χ1v) is 5.34. The molecule has 0 amide bonds. The Morgan fingerprint density at radius 3 is 2.80 bits per heavy atom. The second-order valence-electron chi connectivity index (χ2n) is 3.15. The molecular weight excluding hydrogens is 216 g/mol. The summed E-state index contributed by atoms with van der Waals surface area (Å²) in [7, 11) is 0. The van der Waals surface area contributed by atoms with Gasteiger partial charge in [0.05, 0.1) is 11.0 Å². The lowest BCUT2D eigenvalue weighted by atomic mass is 10.3. The Bertz CT molecular complexity index is 357. The van der Waals surface area contributed by atoms with Gasteiger partial charge in [-0.2, -0.15) is 0 Å². The van der Waals surface area contributed by atoms with Crippen molar-refractivity contribution in [2.24, 2.45) is 0 Å². The molecule has 0 spiro atoms. The number of aromatic nitrogens is 1. The van der Waals surface area contributed by atoms with Crippen molar-refractivity contribution in [3.63, 3.8) is 0 Å². The van der Waals surface area contributed by atoms with Gasteiger partial charge in [0.15, 0.2) is 5.03 Å². The van der Waals surface area contributed by atoms with E-state index in [9.17, 15) is 15.2 Å². The third kappa shape index (κ3) is 3.17. The van der Waals surface area contributed by atoms with Crippen LogP contribution in [0.5, 0.6) is 0 Å². The second-order valence-corrected chi connectivity index (χ2v) is 4.51. The maximum atomic E-state index is 10.7. The molecule has 5 nitrogen and oxygen atoms in total. The van der Waals surface area contributed by atoms with Gasteiger partial charge in [0.1, 0.15) is 0 Å². The van der Waals surface area contributed by atoms with Crippen molar-refractivity contribution in [3.8, 4) is 0 Å². The fourth-order valence-corrected chi connectivity index (χ4v) is 1.82. The van der Waals surface area contributed by atoms with Crippen LogP contribution < -0.4 is 0 Å². The van der Waals surface area contributed by atoms with Gasteiger partial charge in [-0.1, -0.05) is 18.7 Å². The van der Waals surface area contributed by atoms with Crippen molar-refractivity contribution in [2.75, 3.05) is 0 Å². The number of thioether (sulfide) groups is 1. The summed E-state index contributed by atoms with van der Waals surface area (Å²) in [5.74, 6) is 0. The molecule has 0 aliphatic rings. The summed E-state index contributed by atoms with van der Waals surface area (Å²) in [5.41, 5.74) is -0.0185. The third-order valence-electron chi connectivity index (χ3n) is 1.92. The van der Waals surface area contributed by atoms with Crippen molar-refractivity contribution in [1.82, 2.24) is 4.98 Å². The number of rotatable bonds is 4. The lowest BCUT2D eigenvalue weighted by Gasteiger charge is -2.12. The zero-order valence-electron chi connectivity index (χ0n) is 8.45. The van der Waals surface area contributed by atoms with Crippen LogP contribution in [0, 0.1) is 10.1 Å². The van der Waals surface area contributed by atoms with E-state index in [1.807, 2.05) is 0 Å². The minimum Gasteiger partial charge on any atom is -0.392 e. The van der Waals surface area contributed by atoms with Crippen LogP contribution in [0.3, 0.4) is 0 Å². The summed E-state index contributed by atoms with van der Waals surface area (Å²) < 4.78 is 0. The fraction of sp³-hybridized carbons (Fsp3) is 0.444. The van der Waals surface area contributed by atoms with Crippen LogP contribution in [0.15, 0.2) is 23.4 Å². The maximum Gasteiger partial charge on any atom is 0.301 e. The Kier molecular flexibility index (Phi) is 4.05. The molecule has 0 aromatic carbocycles. The van der Waals surface area contributed by atoms with Crippen LogP contribution in [-0.4, -0.2) is 26.4 Å². The molecule has 1 heterocycles. The molecule has 2 atom stereocenters. The van der Waals surface area contributed by atoms with Gasteiger partial charge < -0.3 is 5.11 Å². The number of pyridine rings is 1. The van der Waals surface area contributed by atoms with Crippen LogP contribution in [0.25, 0.3) is 0 Å². The van der Waals surface area contributed by atoms with Crippen molar-refractivity contribution < 1.29 is 10.0 Å². The maximum absolute atomic E-state index is 10.7. The van der Waals surface area contributed by atoms with Crippen LogP contribution >= 0.6 is 11.8 Å². The van der Waals surface area contributed by atoms with Gasteiger partial charge in [-0.15, -0.1) is 0 Å². The number of hydrogen-bond donors (Lipinski definition) is 1. The average molecular weight is 228 g/mol. The molecule has 2 unspecified atom stereocenters. The first kappa shape index (κ1) is 11.9. The molecule has 0 radical (unpaired) electrons. The highest BCUT2D eigenvalue weighted by atomic mass is 32.2. The lowest BCUT2D eigenvalue weighted by Crippen LogP contribution is -2.15. The quantitative estimate of drug-likeness (QED) is 0.483. The van der Waals surface area contributed by atoms with Gasteiger partial charge in [-0.25, -0.2) is 4.98 Å². The van der Waals surface area contributed by atoms with Gasteiger partial charge in [0.2, 0.25) is 0 Å². The largest absolute Gasteiger partial charge is 0.392 e. The van der Waals surface area contributed by atoms with Gasteiger partial charge in [-0.05, 0) is 13.0 Å². The van der Waals surface area contributed by atoms with E-state index in [4.69, 9.17) is 0 Å². The summed E-state index contributed by atoms with van der Waals surface area (Å²) in [6.45, 7) is 3.44. The van der Waals surface area contributed by atoms with E-state index >= 15 is 0 Å². The van der Waals surface area contributed by atoms with Crippen molar-refractivity contribution in [3.05, 3.63) is 28.4 Å². The Morgan fingerprint density at radius 1 is 1.60 bits per heavy atom. The van der Waals surface area contributed by atoms with E-state index in [1.165, 1.54) is 30.1 Å². The normalized spacial score (nSPS) is 14.6. The van der Waals surface area contributed by atoms with E-state index in [0.717, 1.165) is 0 Å². The molecule has 0 saturated heterocycles. The highest BCUT2D eigenvalue weighted by Crippen LogP contribution is 2.30. The predicted molar refractivity (Wildman–Crippen MR) is 57.9 cm³/mol. The first-order chi connectivity index (χ1) is 7.02. The van der Waals surface area contributed by atoms with Crippen molar-refractivity contribution >= 4 is 17.4 Å². The van der Waals surface area contributed by atoms with Gasteiger partial charge in [0.25, 0.3) is 0 Å². The molecule has 0 bridgehead atoms. The van der Waals surface area contributed by atoms with E-state index < -0.39 is 11.0 Å². The van der Waals surface area contributed by atoms with E-state index in [2.05, 4.69) is 4.98 Å². The number of nitrogens with zero attached hydrogens (tertiary/aromatic N) is 2. The topological polar surface area (TPSA) is 76.3 Å². The summed E-state index contributed by atoms with van der Waals surface area (Å²) in [6.07, 6.45) is 0.973. The standard InChI is InChI=1S/C9H12N2O3S/c1-6(12)7(2)15-9-8(11(13)14)4-3-5-10-9/h3-7,12H,1-2H3. The Labute approximate surface area is 91.7 Å². The minimum absolute atomic E-state index is 0.0185. The van der Waals surface area contributed by atoms with Crippen molar-refractivity contribution in [2.45, 2.75) is 30.2 Å². The molecule has 0 fully saturated rings. The summed E-state index contributed by atoms with van der Waals surface area (Å²) in [6, 6.07) is 2.93. The molecule has 6 heteroatoms. The number of aliphatic hydroxyl groups is 1. The van der Waals surface area contributed by atoms with Crippen LogP contribution in [-0.2, 0) is 0 Å². The summed E-state index contributed by atoms with van der Waals surface area (Å²) >= 11 is 1.20. The number of hydrogen-bond acceptors (Lipinski definition) is 5. The summed E-state index contributed by atoms with van der Waals surface area (Å²) in [5, 5.41) is 20.2. The zero-order chi connectivity index (χ0) is 11.4. The smallest absolute Gasteiger partial charge is 0.301 e. The van der Waals surface area contributed by atoms with Gasteiger partial charge in [-0.3, -0.25) is 10.1 Å². The SMILES string of the molecule is CC(O)C(C)Sc1ncccc1[N+](=O)[O-]. The van der Waals surface area contributed by atoms with E-state index in [0.29, 0.717) is 5.03 Å². The molecule has 15 heavy (non-hydrogen) atoms. The third-order valence-corrected chi connectivity index (χ3v) is 3.23. The number of aliphatic hydroxyl groups excluding tert-OH is 1. The predicted octanol–water partition coefficient (Wildman–Crippen LogP) is 1.85. The zero-order valence-corrected chi connectivity index (χ0v) is 9.27. The molecular formula is C9H12N2O3S. The van der Waals surface area contributed by atoms with E-state index in [1.54, 1.807) is 13.8 Å². The van der Waals surface area contributed by atoms with Crippen LogP contribution in [0.4, 0.5) is 5.69 Å². The van der Waals surface area contributed by atoms with Gasteiger partial charge in [0, 0.05) is 17.5 Å². The monoisotopic (exact) mass is 228 g/mol. The Balaban J connectivity index is 2.89. The van der Waals surface area contributed by atoms with Crippen molar-refractivity contribution in [1.29, 1.82) is 0 Å². The molecule has 0 aliphatic heterocycles. The van der Waals surface area contributed by atoms with Crippen LogP contribution in [0.2, 0.25) is 0 Å². The van der Waals surface area contributed by atoms with E-state index in [-0.39, 0.29) is 10.9 Å². The first-order valence-electron chi connectivity index (χ1n) is 4.46. The highest BCUT2D eigenvalue weighted by molar-refractivity contribution is 8.00. The molecule has 1 aromatic rings. The molecule has 1 aromatic heterocycles. The summed E-state index contributed by atoms with van der Waals surface area (Å²) in [4.78, 5) is 14.1. The second kappa shape index (κ2) is 5.09. The Morgan fingerprint density at radius 2 is 2.27 bits per heavy atom. The molecule has 0 saturated carbocycles. The van der Waals surface area contributed by atoms with Crippen LogP contribution in [0.1, 0.15) is 13.8 Å². The minimum atomic E-state index is -0.531. The average Bonchev–Trinajstić information content (AvgIpc) is 2.18. The highest BCUT2D eigenvalue weighted by Gasteiger charge is 2.19. The Hall–Kier alpha value is -1.14.